The van der Waals surface area contributed by atoms with E-state index in [0.717, 1.165) is 24.0 Å². The topological polar surface area (TPSA) is 81.7 Å². The molecular weight excluding hydrogens is 318 g/mol. The average Bonchev–Trinajstić information content (AvgIpc) is 2.58. The number of β-amino-alcohol motifs (C(OH)–C–C–N with tert-alkyl or cyclic N) is 1. The van der Waals surface area contributed by atoms with Crippen LogP contribution in [0.25, 0.3) is 0 Å². The van der Waals surface area contributed by atoms with Crippen molar-refractivity contribution in [3.63, 3.8) is 0 Å². The first-order chi connectivity index (χ1) is 11.8. The lowest BCUT2D eigenvalue weighted by Gasteiger charge is -2.41. The van der Waals surface area contributed by atoms with Gasteiger partial charge in [-0.3, -0.25) is 4.79 Å². The Morgan fingerprint density at radius 1 is 1.16 bits per heavy atom. The maximum absolute atomic E-state index is 12.4. The second-order valence-electron chi connectivity index (χ2n) is 7.17. The van der Waals surface area contributed by atoms with Gasteiger partial charge in [-0.2, -0.15) is 0 Å². The lowest BCUT2D eigenvalue weighted by Crippen LogP contribution is -2.55. The van der Waals surface area contributed by atoms with Gasteiger partial charge in [0.2, 0.25) is 5.91 Å². The Morgan fingerprint density at radius 3 is 2.24 bits per heavy atom. The van der Waals surface area contributed by atoms with Crippen molar-refractivity contribution < 1.29 is 14.7 Å². The fourth-order valence-corrected chi connectivity index (χ4v) is 3.00. The summed E-state index contributed by atoms with van der Waals surface area (Å²) < 4.78 is 0. The molecule has 6 nitrogen and oxygen atoms in total. The van der Waals surface area contributed by atoms with Crippen LogP contribution in [0.1, 0.15) is 44.7 Å². The molecular formula is C19H29N3O3. The Labute approximate surface area is 149 Å². The van der Waals surface area contributed by atoms with E-state index < -0.39 is 5.60 Å². The summed E-state index contributed by atoms with van der Waals surface area (Å²) in [5, 5.41) is 16.3. The summed E-state index contributed by atoms with van der Waals surface area (Å²) in [6.07, 6.45) is 1.56. The zero-order chi connectivity index (χ0) is 18.4. The minimum atomic E-state index is -0.791. The molecule has 1 heterocycles. The van der Waals surface area contributed by atoms with Gasteiger partial charge in [-0.05, 0) is 29.9 Å². The quantitative estimate of drug-likeness (QED) is 0.762. The Balaban J connectivity index is 1.84. The van der Waals surface area contributed by atoms with Crippen molar-refractivity contribution in [2.75, 3.05) is 13.1 Å². The van der Waals surface area contributed by atoms with Gasteiger partial charge in [-0.1, -0.05) is 38.1 Å². The molecule has 2 rings (SSSR count). The van der Waals surface area contributed by atoms with E-state index in [0.29, 0.717) is 26.2 Å². The molecule has 1 aliphatic heterocycles. The SMILES string of the molecule is CC(=O)NCc1ccc(CNC(=O)N2CCCC(O)(C(C)C)C2)cc1. The average molecular weight is 347 g/mol. The van der Waals surface area contributed by atoms with Crippen molar-refractivity contribution in [2.24, 2.45) is 5.92 Å². The van der Waals surface area contributed by atoms with Gasteiger partial charge in [0.25, 0.3) is 0 Å². The maximum Gasteiger partial charge on any atom is 0.317 e. The molecule has 1 fully saturated rings. The number of benzene rings is 1. The van der Waals surface area contributed by atoms with Gasteiger partial charge in [0, 0.05) is 26.6 Å². The van der Waals surface area contributed by atoms with Crippen molar-refractivity contribution in [3.8, 4) is 0 Å². The number of nitrogens with zero attached hydrogens (tertiary/aromatic N) is 1. The summed E-state index contributed by atoms with van der Waals surface area (Å²) in [6, 6.07) is 7.63. The van der Waals surface area contributed by atoms with Crippen molar-refractivity contribution in [2.45, 2.75) is 52.3 Å². The van der Waals surface area contributed by atoms with Crippen LogP contribution in [0, 0.1) is 5.92 Å². The Kier molecular flexibility index (Phi) is 6.42. The molecule has 0 radical (unpaired) electrons. The molecule has 1 aliphatic rings. The third kappa shape index (κ3) is 5.46. The number of carbonyl (C=O) groups excluding carboxylic acids is 2. The summed E-state index contributed by atoms with van der Waals surface area (Å²) in [4.78, 5) is 25.0. The molecule has 0 spiro atoms. The predicted molar refractivity (Wildman–Crippen MR) is 96.8 cm³/mol. The summed E-state index contributed by atoms with van der Waals surface area (Å²) in [5.74, 6) is 0.0680. The molecule has 1 aromatic carbocycles. The highest BCUT2D eigenvalue weighted by Gasteiger charge is 2.37. The first-order valence-corrected chi connectivity index (χ1v) is 8.87. The van der Waals surface area contributed by atoms with Crippen molar-refractivity contribution in [3.05, 3.63) is 35.4 Å². The largest absolute Gasteiger partial charge is 0.388 e. The lowest BCUT2D eigenvalue weighted by atomic mass is 9.83. The van der Waals surface area contributed by atoms with Gasteiger partial charge >= 0.3 is 6.03 Å². The number of urea groups is 1. The predicted octanol–water partition coefficient (Wildman–Crippen LogP) is 2.02. The van der Waals surface area contributed by atoms with Crippen LogP contribution in [0.3, 0.4) is 0 Å². The first-order valence-electron chi connectivity index (χ1n) is 8.87. The summed E-state index contributed by atoms with van der Waals surface area (Å²) in [6.45, 7) is 7.47. The summed E-state index contributed by atoms with van der Waals surface area (Å²) >= 11 is 0. The smallest absolute Gasteiger partial charge is 0.317 e. The van der Waals surface area contributed by atoms with Crippen molar-refractivity contribution >= 4 is 11.9 Å². The molecule has 0 aromatic heterocycles. The van der Waals surface area contributed by atoms with Gasteiger partial charge in [0.15, 0.2) is 0 Å². The first kappa shape index (κ1) is 19.2. The van der Waals surface area contributed by atoms with E-state index in [1.54, 1.807) is 4.90 Å². The number of hydrogen-bond acceptors (Lipinski definition) is 3. The highest BCUT2D eigenvalue weighted by molar-refractivity contribution is 5.74. The van der Waals surface area contributed by atoms with Crippen LogP contribution in [0.4, 0.5) is 4.79 Å². The molecule has 3 amide bonds. The third-order valence-corrected chi connectivity index (χ3v) is 4.87. The van der Waals surface area contributed by atoms with Gasteiger partial charge in [-0.15, -0.1) is 0 Å². The molecule has 0 bridgehead atoms. The van der Waals surface area contributed by atoms with E-state index in [4.69, 9.17) is 0 Å². The van der Waals surface area contributed by atoms with E-state index in [2.05, 4.69) is 10.6 Å². The molecule has 1 unspecified atom stereocenters. The van der Waals surface area contributed by atoms with Gasteiger partial charge in [0.1, 0.15) is 0 Å². The van der Waals surface area contributed by atoms with Crippen LogP contribution in [0.5, 0.6) is 0 Å². The molecule has 3 N–H and O–H groups in total. The normalized spacial score (nSPS) is 20.4. The molecule has 0 saturated carbocycles. The van der Waals surface area contributed by atoms with E-state index in [1.807, 2.05) is 38.1 Å². The van der Waals surface area contributed by atoms with Crippen molar-refractivity contribution in [1.82, 2.24) is 15.5 Å². The molecule has 1 atom stereocenters. The standard InChI is InChI=1S/C19H29N3O3/c1-14(2)19(25)9-4-10-22(13-19)18(24)21-12-17-7-5-16(6-8-17)11-20-15(3)23/h5-8,14,25H,4,9-13H2,1-3H3,(H,20,23)(H,21,24). The number of carbonyl (C=O) groups is 2. The van der Waals surface area contributed by atoms with Crippen LogP contribution >= 0.6 is 0 Å². The van der Waals surface area contributed by atoms with Crippen LogP contribution in [0.2, 0.25) is 0 Å². The number of amides is 3. The van der Waals surface area contributed by atoms with Crippen molar-refractivity contribution in [1.29, 1.82) is 0 Å². The molecule has 25 heavy (non-hydrogen) atoms. The monoisotopic (exact) mass is 347 g/mol. The second kappa shape index (κ2) is 8.34. The number of likely N-dealkylation sites (tertiary alicyclic amines) is 1. The molecule has 1 aromatic rings. The van der Waals surface area contributed by atoms with E-state index in [9.17, 15) is 14.7 Å². The highest BCUT2D eigenvalue weighted by atomic mass is 16.3. The number of nitrogens with one attached hydrogen (secondary N) is 2. The van der Waals surface area contributed by atoms with E-state index in [1.165, 1.54) is 6.92 Å². The Bertz CT molecular complexity index is 600. The minimum Gasteiger partial charge on any atom is -0.388 e. The number of rotatable bonds is 5. The lowest BCUT2D eigenvalue weighted by molar-refractivity contribution is -0.119. The molecule has 1 saturated heterocycles. The fraction of sp³-hybridized carbons (Fsp3) is 0.579. The minimum absolute atomic E-state index is 0.0563. The summed E-state index contributed by atoms with van der Waals surface area (Å²) in [5.41, 5.74) is 1.22. The summed E-state index contributed by atoms with van der Waals surface area (Å²) in [7, 11) is 0. The maximum atomic E-state index is 12.4. The van der Waals surface area contributed by atoms with Crippen LogP contribution in [-0.4, -0.2) is 40.6 Å². The third-order valence-electron chi connectivity index (χ3n) is 4.87. The van der Waals surface area contributed by atoms with Gasteiger partial charge in [-0.25, -0.2) is 4.79 Å². The van der Waals surface area contributed by atoms with Crippen LogP contribution in [0.15, 0.2) is 24.3 Å². The van der Waals surface area contributed by atoms with Crippen LogP contribution < -0.4 is 10.6 Å². The van der Waals surface area contributed by atoms with Gasteiger partial charge < -0.3 is 20.6 Å². The number of piperidine rings is 1. The van der Waals surface area contributed by atoms with Crippen LogP contribution in [-0.2, 0) is 17.9 Å². The fourth-order valence-electron chi connectivity index (χ4n) is 3.00. The van der Waals surface area contributed by atoms with Gasteiger partial charge in [0.05, 0.1) is 12.1 Å². The van der Waals surface area contributed by atoms with E-state index in [-0.39, 0.29) is 17.9 Å². The second-order valence-corrected chi connectivity index (χ2v) is 7.17. The van der Waals surface area contributed by atoms with E-state index >= 15 is 0 Å². The molecule has 138 valence electrons. The Morgan fingerprint density at radius 2 is 1.72 bits per heavy atom. The zero-order valence-corrected chi connectivity index (χ0v) is 15.3. The number of hydrogen-bond donors (Lipinski definition) is 3. The number of aliphatic hydroxyl groups is 1. The molecule has 6 heteroatoms. The highest BCUT2D eigenvalue weighted by Crippen LogP contribution is 2.28. The Hall–Kier alpha value is -2.08. The zero-order valence-electron chi connectivity index (χ0n) is 15.3. The molecule has 0 aliphatic carbocycles.